The Labute approximate surface area is 185 Å². The van der Waals surface area contributed by atoms with Crippen molar-refractivity contribution in [2.24, 2.45) is 5.16 Å². The highest BCUT2D eigenvalue weighted by Crippen LogP contribution is 2.37. The number of aromatic nitrogens is 1. The second kappa shape index (κ2) is 8.75. The van der Waals surface area contributed by atoms with Gasteiger partial charge in [0.2, 0.25) is 16.0 Å². The monoisotopic (exact) mass is 518 g/mol. The molecule has 7 nitrogen and oxygen atoms in total. The van der Waals surface area contributed by atoms with Gasteiger partial charge >= 0.3 is 0 Å². The molecule has 2 aliphatic rings. The molecule has 1 saturated heterocycles. The van der Waals surface area contributed by atoms with Crippen LogP contribution < -0.4 is 4.72 Å². The lowest BCUT2D eigenvalue weighted by Crippen LogP contribution is -2.38. The number of nitrogens with zero attached hydrogens (tertiary/aromatic N) is 3. The van der Waals surface area contributed by atoms with E-state index in [2.05, 4.69) is 30.8 Å². The number of nitrogens with one attached hydrogen (secondary N) is 1. The first kappa shape index (κ1) is 22.0. The van der Waals surface area contributed by atoms with E-state index < -0.39 is 39.8 Å². The molecule has 0 saturated carbocycles. The normalized spacial score (nSPS) is 21.3. The maximum absolute atomic E-state index is 14.4. The number of alkyl halides is 1. The molecule has 2 aromatic rings. The van der Waals surface area contributed by atoms with Crippen molar-refractivity contribution in [3.63, 3.8) is 0 Å². The predicted octanol–water partition coefficient (Wildman–Crippen LogP) is 3.48. The van der Waals surface area contributed by atoms with Gasteiger partial charge < -0.3 is 9.74 Å². The summed E-state index contributed by atoms with van der Waals surface area (Å²) in [5.41, 5.74) is 0.381. The topological polar surface area (TPSA) is 83.9 Å². The van der Waals surface area contributed by atoms with E-state index in [0.29, 0.717) is 41.9 Å². The van der Waals surface area contributed by atoms with E-state index >= 15 is 0 Å². The smallest absolute Gasteiger partial charge is 0.241 e. The van der Waals surface area contributed by atoms with Crippen molar-refractivity contribution >= 4 is 31.8 Å². The van der Waals surface area contributed by atoms with Crippen molar-refractivity contribution in [2.75, 3.05) is 19.1 Å². The molecule has 1 aromatic carbocycles. The molecule has 1 unspecified atom stereocenters. The molecule has 3 heterocycles. The molecule has 0 radical (unpaired) electrons. The molecule has 2 atom stereocenters. The molecule has 0 aliphatic carbocycles. The highest BCUT2D eigenvalue weighted by Gasteiger charge is 2.35. The molecule has 0 amide bonds. The van der Waals surface area contributed by atoms with Crippen LogP contribution >= 0.6 is 15.9 Å². The van der Waals surface area contributed by atoms with Crippen molar-refractivity contribution in [1.29, 1.82) is 0 Å². The predicted molar refractivity (Wildman–Crippen MR) is 111 cm³/mol. The van der Waals surface area contributed by atoms with E-state index in [0.717, 1.165) is 0 Å². The van der Waals surface area contributed by atoms with E-state index in [1.165, 1.54) is 24.4 Å². The molecule has 0 bridgehead atoms. The molecular formula is C19H18BrF3N4O3S. The Kier molecular flexibility index (Phi) is 6.22. The van der Waals surface area contributed by atoms with Crippen LogP contribution in [0.4, 0.5) is 13.2 Å². The molecule has 1 fully saturated rings. The lowest BCUT2D eigenvalue weighted by molar-refractivity contribution is 0.0828. The third-order valence-corrected chi connectivity index (χ3v) is 6.53. The summed E-state index contributed by atoms with van der Waals surface area (Å²) in [6.07, 6.45) is 1.63. The van der Waals surface area contributed by atoms with Crippen LogP contribution in [0.15, 0.2) is 40.1 Å². The van der Waals surface area contributed by atoms with Gasteiger partial charge in [-0.25, -0.2) is 26.3 Å². The molecular weight excluding hydrogens is 501 g/mol. The summed E-state index contributed by atoms with van der Waals surface area (Å²) in [4.78, 5) is 11.7. The minimum Gasteiger partial charge on any atom is -0.384 e. The number of oxime groups is 1. The molecule has 2 aliphatic heterocycles. The molecule has 0 spiro atoms. The summed E-state index contributed by atoms with van der Waals surface area (Å²) >= 11 is 3.29. The first-order valence-corrected chi connectivity index (χ1v) is 11.9. The number of benzene rings is 1. The second-order valence-electron chi connectivity index (χ2n) is 7.26. The second-order valence-corrected chi connectivity index (χ2v) is 9.86. The number of hydrogen-bond donors (Lipinski definition) is 1. The maximum Gasteiger partial charge on any atom is 0.241 e. The van der Waals surface area contributed by atoms with E-state index in [9.17, 15) is 21.6 Å². The molecule has 31 heavy (non-hydrogen) atoms. The zero-order valence-corrected chi connectivity index (χ0v) is 18.5. The summed E-state index contributed by atoms with van der Waals surface area (Å²) in [6, 6.07) is 3.29. The van der Waals surface area contributed by atoms with Crippen LogP contribution in [0, 0.1) is 11.6 Å². The fourth-order valence-corrected chi connectivity index (χ4v) is 4.83. The summed E-state index contributed by atoms with van der Waals surface area (Å²) in [5, 5.41) is 4.08. The average Bonchev–Trinajstić information content (AvgIpc) is 3.37. The van der Waals surface area contributed by atoms with Crippen molar-refractivity contribution in [3.8, 4) is 11.1 Å². The van der Waals surface area contributed by atoms with Gasteiger partial charge in [-0.1, -0.05) is 11.2 Å². The standard InChI is InChI=1S/C19H18BrF3N4O3S/c20-11-6-13(18-14(22)2-1-3-15(18)23)19(24-8-11)16-7-17(25-30-16)27-5-4-12(9-27)26-31(28,29)10-21/h1-3,6,8,12,16,26H,4-5,7,9-10H2/t12-,16?/m0/s1. The Morgan fingerprint density at radius 1 is 1.29 bits per heavy atom. The van der Waals surface area contributed by atoms with Crippen LogP contribution in [0.5, 0.6) is 0 Å². The Morgan fingerprint density at radius 2 is 2.03 bits per heavy atom. The lowest BCUT2D eigenvalue weighted by atomic mass is 9.98. The van der Waals surface area contributed by atoms with Crippen molar-refractivity contribution in [2.45, 2.75) is 25.0 Å². The number of rotatable bonds is 5. The number of likely N-dealkylation sites (tertiary alicyclic amines) is 1. The van der Waals surface area contributed by atoms with Crippen molar-refractivity contribution < 1.29 is 26.4 Å². The number of sulfonamides is 1. The quantitative estimate of drug-likeness (QED) is 0.654. The first-order chi connectivity index (χ1) is 14.8. The Balaban J connectivity index is 1.53. The average molecular weight is 519 g/mol. The van der Waals surface area contributed by atoms with Crippen molar-refractivity contribution in [1.82, 2.24) is 14.6 Å². The van der Waals surface area contributed by atoms with E-state index in [1.54, 1.807) is 6.07 Å². The summed E-state index contributed by atoms with van der Waals surface area (Å²) < 4.78 is 67.1. The highest BCUT2D eigenvalue weighted by atomic mass is 79.9. The van der Waals surface area contributed by atoms with Gasteiger partial charge in [0, 0.05) is 35.4 Å². The zero-order valence-electron chi connectivity index (χ0n) is 16.1. The minimum absolute atomic E-state index is 0.204. The zero-order chi connectivity index (χ0) is 22.2. The molecule has 166 valence electrons. The summed E-state index contributed by atoms with van der Waals surface area (Å²) in [7, 11) is -3.95. The molecule has 4 rings (SSSR count). The van der Waals surface area contributed by atoms with Crippen LogP contribution in [-0.2, 0) is 14.9 Å². The molecule has 1 N–H and O–H groups in total. The minimum atomic E-state index is -3.95. The maximum atomic E-state index is 14.4. The fourth-order valence-electron chi connectivity index (χ4n) is 3.74. The van der Waals surface area contributed by atoms with E-state index in [-0.39, 0.29) is 11.1 Å². The molecule has 1 aromatic heterocycles. The van der Waals surface area contributed by atoms with Gasteiger partial charge in [-0.3, -0.25) is 4.98 Å². The van der Waals surface area contributed by atoms with Gasteiger partial charge in [0.15, 0.2) is 6.10 Å². The Hall–Kier alpha value is -2.18. The largest absolute Gasteiger partial charge is 0.384 e. The molecule has 12 heteroatoms. The van der Waals surface area contributed by atoms with Crippen LogP contribution in [0.3, 0.4) is 0 Å². The van der Waals surface area contributed by atoms with Crippen LogP contribution in [0.2, 0.25) is 0 Å². The van der Waals surface area contributed by atoms with Gasteiger partial charge in [0.25, 0.3) is 0 Å². The van der Waals surface area contributed by atoms with E-state index in [1.807, 2.05) is 4.90 Å². The van der Waals surface area contributed by atoms with Gasteiger partial charge in [0.05, 0.1) is 17.7 Å². The highest BCUT2D eigenvalue weighted by molar-refractivity contribution is 9.10. The Bertz CT molecular complexity index is 1110. The summed E-state index contributed by atoms with van der Waals surface area (Å²) in [5.74, 6) is -0.873. The number of pyridine rings is 1. The number of halogens is 4. The lowest BCUT2D eigenvalue weighted by Gasteiger charge is -2.18. The van der Waals surface area contributed by atoms with Gasteiger partial charge in [0.1, 0.15) is 17.5 Å². The third-order valence-electron chi connectivity index (χ3n) is 5.12. The van der Waals surface area contributed by atoms with Gasteiger partial charge in [-0.2, -0.15) is 0 Å². The third kappa shape index (κ3) is 4.70. The fraction of sp³-hybridized carbons (Fsp3) is 0.368. The summed E-state index contributed by atoms with van der Waals surface area (Å²) in [6.45, 7) is 0.827. The van der Waals surface area contributed by atoms with Crippen LogP contribution in [-0.4, -0.2) is 49.3 Å². The van der Waals surface area contributed by atoms with Gasteiger partial charge in [-0.05, 0) is 40.5 Å². The van der Waals surface area contributed by atoms with Crippen LogP contribution in [0.25, 0.3) is 11.1 Å². The van der Waals surface area contributed by atoms with E-state index in [4.69, 9.17) is 4.84 Å². The van der Waals surface area contributed by atoms with Crippen LogP contribution in [0.1, 0.15) is 24.6 Å². The van der Waals surface area contributed by atoms with Crippen molar-refractivity contribution in [3.05, 3.63) is 52.3 Å². The SMILES string of the molecule is O=S(=O)(CF)N[C@H]1CCN(C2=NOC(c3ncc(Br)cc3-c3c(F)cccc3F)C2)C1. The number of amidine groups is 1. The first-order valence-electron chi connectivity index (χ1n) is 9.41. The Morgan fingerprint density at radius 3 is 2.74 bits per heavy atom. The number of hydrogen-bond acceptors (Lipinski definition) is 6. The van der Waals surface area contributed by atoms with Gasteiger partial charge in [-0.15, -0.1) is 0 Å².